The summed E-state index contributed by atoms with van der Waals surface area (Å²) in [7, 11) is -1.58. The van der Waals surface area contributed by atoms with Crippen LogP contribution >= 0.6 is 12.4 Å². The van der Waals surface area contributed by atoms with Crippen molar-refractivity contribution in [1.82, 2.24) is 14.6 Å². The van der Waals surface area contributed by atoms with Gasteiger partial charge in [0.15, 0.2) is 0 Å². The molecule has 1 aromatic carbocycles. The summed E-state index contributed by atoms with van der Waals surface area (Å²) in [5.41, 5.74) is 1.75. The van der Waals surface area contributed by atoms with Gasteiger partial charge in [-0.15, -0.1) is 12.4 Å². The minimum atomic E-state index is -3.49. The van der Waals surface area contributed by atoms with E-state index < -0.39 is 10.0 Å². The van der Waals surface area contributed by atoms with Crippen LogP contribution in [0.1, 0.15) is 18.4 Å². The number of benzene rings is 1. The Morgan fingerprint density at radius 2 is 2.12 bits per heavy atom. The van der Waals surface area contributed by atoms with E-state index in [1.54, 1.807) is 22.6 Å². The second kappa shape index (κ2) is 7.78. The summed E-state index contributed by atoms with van der Waals surface area (Å²) < 4.78 is 27.9. The molecule has 1 aliphatic heterocycles. The van der Waals surface area contributed by atoms with E-state index in [4.69, 9.17) is 0 Å². The van der Waals surface area contributed by atoms with Gasteiger partial charge in [-0.05, 0) is 63.0 Å². The first-order valence-corrected chi connectivity index (χ1v) is 9.47. The molecule has 5 nitrogen and oxygen atoms in total. The van der Waals surface area contributed by atoms with E-state index in [0.29, 0.717) is 29.3 Å². The number of nitrogens with one attached hydrogen (secondary N) is 1. The van der Waals surface area contributed by atoms with Gasteiger partial charge in [0.1, 0.15) is 0 Å². The highest BCUT2D eigenvalue weighted by Crippen LogP contribution is 2.29. The van der Waals surface area contributed by atoms with Crippen LogP contribution < -0.4 is 5.32 Å². The number of nitrogens with zero attached hydrogens (tertiary/aromatic N) is 2. The third kappa shape index (κ3) is 3.57. The molecule has 1 fully saturated rings. The molecule has 1 unspecified atom stereocenters. The average molecular weight is 370 g/mol. The monoisotopic (exact) mass is 369 g/mol. The van der Waals surface area contributed by atoms with Crippen LogP contribution in [-0.4, -0.2) is 44.4 Å². The Labute approximate surface area is 149 Å². The highest BCUT2D eigenvalue weighted by atomic mass is 35.5. The molecule has 2 aromatic rings. The topological polar surface area (TPSA) is 62.3 Å². The molecule has 1 N–H and O–H groups in total. The Balaban J connectivity index is 0.00000208. The van der Waals surface area contributed by atoms with Crippen LogP contribution in [0, 0.1) is 12.8 Å². The Kier molecular flexibility index (Phi) is 6.20. The number of halogens is 1. The summed E-state index contributed by atoms with van der Waals surface area (Å²) >= 11 is 0. The second-order valence-corrected chi connectivity index (χ2v) is 8.12. The number of sulfonamides is 1. The summed E-state index contributed by atoms with van der Waals surface area (Å²) in [4.78, 5) is 4.72. The van der Waals surface area contributed by atoms with Crippen molar-refractivity contribution in [3.63, 3.8) is 0 Å². The van der Waals surface area contributed by atoms with Crippen LogP contribution in [0.25, 0.3) is 10.9 Å². The van der Waals surface area contributed by atoms with Crippen molar-refractivity contribution in [3.8, 4) is 0 Å². The molecule has 2 heterocycles. The molecule has 0 amide bonds. The third-order valence-electron chi connectivity index (χ3n) is 4.52. The van der Waals surface area contributed by atoms with Gasteiger partial charge >= 0.3 is 0 Å². The van der Waals surface area contributed by atoms with Crippen LogP contribution in [0.5, 0.6) is 0 Å². The second-order valence-electron chi connectivity index (χ2n) is 6.21. The van der Waals surface area contributed by atoms with Crippen molar-refractivity contribution in [3.05, 3.63) is 36.0 Å². The van der Waals surface area contributed by atoms with Crippen molar-refractivity contribution in [1.29, 1.82) is 0 Å². The van der Waals surface area contributed by atoms with Crippen LogP contribution in [0.4, 0.5) is 0 Å². The number of pyridine rings is 1. The van der Waals surface area contributed by atoms with Gasteiger partial charge in [0, 0.05) is 24.7 Å². The van der Waals surface area contributed by atoms with E-state index in [-0.39, 0.29) is 12.4 Å². The molecule has 1 aromatic heterocycles. The van der Waals surface area contributed by atoms with Gasteiger partial charge in [-0.1, -0.05) is 6.07 Å². The quantitative estimate of drug-likeness (QED) is 0.899. The number of aromatic nitrogens is 1. The number of hydrogen-bond acceptors (Lipinski definition) is 4. The molecule has 0 radical (unpaired) electrons. The molecule has 0 bridgehead atoms. The van der Waals surface area contributed by atoms with Crippen molar-refractivity contribution < 1.29 is 8.42 Å². The van der Waals surface area contributed by atoms with Gasteiger partial charge in [-0.3, -0.25) is 4.98 Å². The first kappa shape index (κ1) is 19.1. The summed E-state index contributed by atoms with van der Waals surface area (Å²) in [6.45, 7) is 3.98. The molecule has 1 atom stereocenters. The minimum Gasteiger partial charge on any atom is -0.319 e. The van der Waals surface area contributed by atoms with Crippen molar-refractivity contribution in [2.24, 2.45) is 5.92 Å². The first-order valence-electron chi connectivity index (χ1n) is 8.03. The van der Waals surface area contributed by atoms with Crippen molar-refractivity contribution >= 4 is 33.3 Å². The fraction of sp³-hybridized carbons (Fsp3) is 0.471. The van der Waals surface area contributed by atoms with Crippen LogP contribution in [0.15, 0.2) is 35.4 Å². The maximum Gasteiger partial charge on any atom is 0.243 e. The van der Waals surface area contributed by atoms with Crippen molar-refractivity contribution in [2.75, 3.05) is 26.7 Å². The predicted octanol–water partition coefficient (Wildman–Crippen LogP) is 2.59. The normalized spacial score (nSPS) is 19.2. The molecule has 1 saturated heterocycles. The van der Waals surface area contributed by atoms with Gasteiger partial charge in [-0.25, -0.2) is 8.42 Å². The summed E-state index contributed by atoms with van der Waals surface area (Å²) in [6, 6.07) is 7.20. The van der Waals surface area contributed by atoms with Crippen molar-refractivity contribution in [2.45, 2.75) is 24.7 Å². The number of piperidine rings is 1. The zero-order valence-electron chi connectivity index (χ0n) is 14.0. The summed E-state index contributed by atoms with van der Waals surface area (Å²) in [5.74, 6) is 0.373. The molecule has 132 valence electrons. The van der Waals surface area contributed by atoms with Gasteiger partial charge in [0.05, 0.1) is 10.4 Å². The molecular weight excluding hydrogens is 346 g/mol. The first-order chi connectivity index (χ1) is 11.0. The van der Waals surface area contributed by atoms with Crippen LogP contribution in [-0.2, 0) is 10.0 Å². The molecular formula is C17H24ClN3O2S. The van der Waals surface area contributed by atoms with Crippen LogP contribution in [0.3, 0.4) is 0 Å². The Hall–Kier alpha value is -1.21. The van der Waals surface area contributed by atoms with E-state index in [0.717, 1.165) is 30.5 Å². The minimum absolute atomic E-state index is 0. The van der Waals surface area contributed by atoms with Crippen LogP contribution in [0.2, 0.25) is 0 Å². The molecule has 24 heavy (non-hydrogen) atoms. The SMILES string of the molecule is CNCC1CCCN(S(=O)(=O)c2ccc(C)c3ncccc23)C1.Cl. The van der Waals surface area contributed by atoms with E-state index in [1.807, 2.05) is 26.1 Å². The standard InChI is InChI=1S/C17H23N3O2S.ClH/c1-13-7-8-16(15-6-3-9-19-17(13)15)23(21,22)20-10-4-5-14(12-20)11-18-2;/h3,6-9,14,18H,4-5,10-12H2,1-2H3;1H. The maximum absolute atomic E-state index is 13.1. The van der Waals surface area contributed by atoms with E-state index in [2.05, 4.69) is 10.3 Å². The summed E-state index contributed by atoms with van der Waals surface area (Å²) in [6.07, 6.45) is 3.69. The summed E-state index contributed by atoms with van der Waals surface area (Å²) in [5, 5.41) is 3.87. The number of hydrogen-bond donors (Lipinski definition) is 1. The highest BCUT2D eigenvalue weighted by molar-refractivity contribution is 7.89. The number of aryl methyl sites for hydroxylation is 1. The molecule has 3 rings (SSSR count). The van der Waals surface area contributed by atoms with Gasteiger partial charge < -0.3 is 5.32 Å². The lowest BCUT2D eigenvalue weighted by molar-refractivity contribution is 0.263. The van der Waals surface area contributed by atoms with E-state index in [9.17, 15) is 8.42 Å². The molecule has 7 heteroatoms. The van der Waals surface area contributed by atoms with Gasteiger partial charge in [0.25, 0.3) is 0 Å². The molecule has 1 aliphatic rings. The Morgan fingerprint density at radius 1 is 1.33 bits per heavy atom. The Bertz CT molecular complexity index is 809. The van der Waals surface area contributed by atoms with Gasteiger partial charge in [0.2, 0.25) is 10.0 Å². The zero-order chi connectivity index (χ0) is 16.4. The van der Waals surface area contributed by atoms with E-state index >= 15 is 0 Å². The average Bonchev–Trinajstić information content (AvgIpc) is 2.56. The zero-order valence-corrected chi connectivity index (χ0v) is 15.7. The highest BCUT2D eigenvalue weighted by Gasteiger charge is 2.31. The lowest BCUT2D eigenvalue weighted by Crippen LogP contribution is -2.42. The number of fused-ring (bicyclic) bond motifs is 1. The third-order valence-corrected chi connectivity index (χ3v) is 6.45. The fourth-order valence-corrected chi connectivity index (χ4v) is 5.09. The Morgan fingerprint density at radius 3 is 2.88 bits per heavy atom. The number of rotatable bonds is 4. The molecule has 0 aliphatic carbocycles. The lowest BCUT2D eigenvalue weighted by atomic mass is 10.00. The lowest BCUT2D eigenvalue weighted by Gasteiger charge is -2.32. The largest absolute Gasteiger partial charge is 0.319 e. The predicted molar refractivity (Wildman–Crippen MR) is 99.1 cm³/mol. The molecule has 0 saturated carbocycles. The van der Waals surface area contributed by atoms with E-state index in [1.165, 1.54) is 0 Å². The van der Waals surface area contributed by atoms with Gasteiger partial charge in [-0.2, -0.15) is 4.31 Å². The maximum atomic E-state index is 13.1. The fourth-order valence-electron chi connectivity index (χ4n) is 3.35. The molecule has 0 spiro atoms. The smallest absolute Gasteiger partial charge is 0.243 e.